The Kier molecular flexibility index (Phi) is 7.21. The van der Waals surface area contributed by atoms with Gasteiger partial charge in [-0.3, -0.25) is 4.79 Å². The molecule has 32 heavy (non-hydrogen) atoms. The van der Waals surface area contributed by atoms with Crippen molar-refractivity contribution in [3.05, 3.63) is 52.6 Å². The molecule has 1 amide bonds. The van der Waals surface area contributed by atoms with Crippen LogP contribution in [0.3, 0.4) is 0 Å². The molecule has 8 nitrogen and oxygen atoms in total. The standard InChI is InChI=1S/C21H23Cl2N3O5S/c22-15-5-6-20(24-13-15)31-16-7-9-25(10-8-16)21(27)18-14-26(11-12-30-18)32(28,29)19-4-2-1-3-17(19)23/h1-6,13,16,18H,7-12,14H2. The summed E-state index contributed by atoms with van der Waals surface area (Å²) < 4.78 is 38.8. The van der Waals surface area contributed by atoms with Crippen molar-refractivity contribution >= 4 is 39.1 Å². The number of aromatic nitrogens is 1. The van der Waals surface area contributed by atoms with Gasteiger partial charge in [0, 0.05) is 51.3 Å². The van der Waals surface area contributed by atoms with Gasteiger partial charge in [0.2, 0.25) is 15.9 Å². The van der Waals surface area contributed by atoms with Crippen LogP contribution in [0.25, 0.3) is 0 Å². The molecule has 0 radical (unpaired) electrons. The van der Waals surface area contributed by atoms with Crippen LogP contribution in [-0.4, -0.2) is 73.5 Å². The third kappa shape index (κ3) is 5.18. The molecule has 0 saturated carbocycles. The maximum absolute atomic E-state index is 13.0. The number of carbonyl (C=O) groups excluding carboxylic acids is 1. The number of hydrogen-bond donors (Lipinski definition) is 0. The average Bonchev–Trinajstić information content (AvgIpc) is 2.81. The van der Waals surface area contributed by atoms with Gasteiger partial charge in [-0.15, -0.1) is 0 Å². The number of pyridine rings is 1. The van der Waals surface area contributed by atoms with E-state index in [1.165, 1.54) is 22.6 Å². The molecule has 0 spiro atoms. The Morgan fingerprint density at radius 3 is 2.53 bits per heavy atom. The van der Waals surface area contributed by atoms with E-state index < -0.39 is 16.1 Å². The highest BCUT2D eigenvalue weighted by atomic mass is 35.5. The lowest BCUT2D eigenvalue weighted by Gasteiger charge is -2.37. The molecule has 1 unspecified atom stereocenters. The summed E-state index contributed by atoms with van der Waals surface area (Å²) in [6, 6.07) is 9.71. The van der Waals surface area contributed by atoms with E-state index in [9.17, 15) is 13.2 Å². The zero-order valence-corrected chi connectivity index (χ0v) is 19.5. The molecule has 172 valence electrons. The highest BCUT2D eigenvalue weighted by Gasteiger charge is 2.37. The van der Waals surface area contributed by atoms with Gasteiger partial charge in [0.15, 0.2) is 0 Å². The molecule has 2 saturated heterocycles. The van der Waals surface area contributed by atoms with Gasteiger partial charge in [0.1, 0.15) is 17.1 Å². The second-order valence-electron chi connectivity index (χ2n) is 7.61. The van der Waals surface area contributed by atoms with Gasteiger partial charge in [-0.2, -0.15) is 4.31 Å². The van der Waals surface area contributed by atoms with Crippen molar-refractivity contribution in [3.63, 3.8) is 0 Å². The van der Waals surface area contributed by atoms with Crippen molar-refractivity contribution < 1.29 is 22.7 Å². The van der Waals surface area contributed by atoms with Gasteiger partial charge in [-0.1, -0.05) is 35.3 Å². The number of amides is 1. The Labute approximate surface area is 197 Å². The van der Waals surface area contributed by atoms with Gasteiger partial charge in [0.05, 0.1) is 16.7 Å². The van der Waals surface area contributed by atoms with Crippen LogP contribution < -0.4 is 4.74 Å². The average molecular weight is 500 g/mol. The van der Waals surface area contributed by atoms with Crippen molar-refractivity contribution in [2.24, 2.45) is 0 Å². The largest absolute Gasteiger partial charge is 0.474 e. The van der Waals surface area contributed by atoms with E-state index in [4.69, 9.17) is 32.7 Å². The van der Waals surface area contributed by atoms with E-state index in [2.05, 4.69) is 4.98 Å². The summed E-state index contributed by atoms with van der Waals surface area (Å²) in [4.78, 5) is 18.9. The first kappa shape index (κ1) is 23.3. The maximum Gasteiger partial charge on any atom is 0.253 e. The fraction of sp³-hybridized carbons (Fsp3) is 0.429. The second-order valence-corrected chi connectivity index (χ2v) is 10.4. The molecule has 0 N–H and O–H groups in total. The number of hydrogen-bond acceptors (Lipinski definition) is 6. The summed E-state index contributed by atoms with van der Waals surface area (Å²) in [5.41, 5.74) is 0. The number of benzene rings is 1. The van der Waals surface area contributed by atoms with Crippen molar-refractivity contribution in [2.45, 2.75) is 29.9 Å². The molecule has 1 aromatic heterocycles. The fourth-order valence-electron chi connectivity index (χ4n) is 3.79. The normalized spacial score (nSPS) is 20.8. The van der Waals surface area contributed by atoms with Crippen LogP contribution in [0.2, 0.25) is 10.0 Å². The first-order valence-electron chi connectivity index (χ1n) is 10.3. The Morgan fingerprint density at radius 2 is 1.84 bits per heavy atom. The molecule has 11 heteroatoms. The first-order valence-corrected chi connectivity index (χ1v) is 12.5. The summed E-state index contributed by atoms with van der Waals surface area (Å²) in [6.07, 6.45) is 1.90. The topological polar surface area (TPSA) is 89.0 Å². The van der Waals surface area contributed by atoms with E-state index in [0.717, 1.165) is 0 Å². The number of sulfonamides is 1. The molecule has 4 rings (SSSR count). The Morgan fingerprint density at radius 1 is 1.09 bits per heavy atom. The highest BCUT2D eigenvalue weighted by molar-refractivity contribution is 7.89. The molecule has 0 bridgehead atoms. The molecule has 2 aliphatic heterocycles. The molecule has 2 aromatic rings. The molecule has 2 fully saturated rings. The van der Waals surface area contributed by atoms with Gasteiger partial charge in [0.25, 0.3) is 5.91 Å². The maximum atomic E-state index is 13.0. The number of halogens is 2. The SMILES string of the molecule is O=C(C1CN(S(=O)(=O)c2ccccc2Cl)CCO1)N1CCC(Oc2ccc(Cl)cn2)CC1. The summed E-state index contributed by atoms with van der Waals surface area (Å²) in [7, 11) is -3.82. The van der Waals surface area contributed by atoms with Crippen LogP contribution in [0.1, 0.15) is 12.8 Å². The smallest absolute Gasteiger partial charge is 0.253 e. The van der Waals surface area contributed by atoms with Crippen LogP contribution >= 0.6 is 23.2 Å². The third-order valence-corrected chi connectivity index (χ3v) is 8.09. The number of piperidine rings is 1. The molecule has 3 heterocycles. The minimum Gasteiger partial charge on any atom is -0.474 e. The van der Waals surface area contributed by atoms with E-state index in [1.807, 2.05) is 0 Å². The zero-order chi connectivity index (χ0) is 22.7. The van der Waals surface area contributed by atoms with Gasteiger partial charge < -0.3 is 14.4 Å². The Hall–Kier alpha value is -1.91. The lowest BCUT2D eigenvalue weighted by atomic mass is 10.1. The predicted molar refractivity (Wildman–Crippen MR) is 119 cm³/mol. The molecule has 1 atom stereocenters. The summed E-state index contributed by atoms with van der Waals surface area (Å²) >= 11 is 11.9. The molecule has 0 aliphatic carbocycles. The number of morpholine rings is 1. The number of nitrogens with zero attached hydrogens (tertiary/aromatic N) is 3. The monoisotopic (exact) mass is 499 g/mol. The first-order chi connectivity index (χ1) is 15.3. The van der Waals surface area contributed by atoms with E-state index in [-0.39, 0.29) is 41.6 Å². The van der Waals surface area contributed by atoms with Crippen LogP contribution in [0.5, 0.6) is 5.88 Å². The second kappa shape index (κ2) is 9.93. The highest BCUT2D eigenvalue weighted by Crippen LogP contribution is 2.26. The van der Waals surface area contributed by atoms with Gasteiger partial charge in [-0.25, -0.2) is 13.4 Å². The van der Waals surface area contributed by atoms with Crippen molar-refractivity contribution in [1.29, 1.82) is 0 Å². The minimum absolute atomic E-state index is 0.0311. The summed E-state index contributed by atoms with van der Waals surface area (Å²) in [5, 5.41) is 0.690. The van der Waals surface area contributed by atoms with Gasteiger partial charge in [-0.05, 0) is 18.2 Å². The van der Waals surface area contributed by atoms with Crippen LogP contribution in [0, 0.1) is 0 Å². The quantitative estimate of drug-likeness (QED) is 0.628. The lowest BCUT2D eigenvalue weighted by molar-refractivity contribution is -0.149. The Bertz CT molecular complexity index is 1060. The van der Waals surface area contributed by atoms with Crippen molar-refractivity contribution in [3.8, 4) is 5.88 Å². The van der Waals surface area contributed by atoms with Crippen LogP contribution in [0.4, 0.5) is 0 Å². The Balaban J connectivity index is 1.35. The molecular weight excluding hydrogens is 477 g/mol. The number of ether oxygens (including phenoxy) is 2. The van der Waals surface area contributed by atoms with Crippen LogP contribution in [-0.2, 0) is 19.6 Å². The van der Waals surface area contributed by atoms with Gasteiger partial charge >= 0.3 is 0 Å². The molecular formula is C21H23Cl2N3O5S. The van der Waals surface area contributed by atoms with Crippen molar-refractivity contribution in [2.75, 3.05) is 32.8 Å². The van der Waals surface area contributed by atoms with Crippen LogP contribution in [0.15, 0.2) is 47.5 Å². The number of carbonyl (C=O) groups is 1. The number of likely N-dealkylation sites (tertiary alicyclic amines) is 1. The van der Waals surface area contributed by atoms with E-state index in [1.54, 1.807) is 29.2 Å². The van der Waals surface area contributed by atoms with E-state index >= 15 is 0 Å². The lowest BCUT2D eigenvalue weighted by Crippen LogP contribution is -2.54. The zero-order valence-electron chi connectivity index (χ0n) is 17.2. The molecule has 2 aliphatic rings. The third-order valence-electron chi connectivity index (χ3n) is 5.50. The predicted octanol–water partition coefficient (Wildman–Crippen LogP) is 2.85. The van der Waals surface area contributed by atoms with Crippen molar-refractivity contribution in [1.82, 2.24) is 14.2 Å². The van der Waals surface area contributed by atoms with E-state index in [0.29, 0.717) is 36.8 Å². The fourth-order valence-corrected chi connectivity index (χ4v) is 5.82. The summed E-state index contributed by atoms with van der Waals surface area (Å²) in [5.74, 6) is 0.280. The summed E-state index contributed by atoms with van der Waals surface area (Å²) in [6.45, 7) is 1.25. The minimum atomic E-state index is -3.82. The molecule has 1 aromatic carbocycles. The number of rotatable bonds is 5.